The van der Waals surface area contributed by atoms with E-state index in [0.717, 1.165) is 25.0 Å². The number of alkyl halides is 3. The maximum Gasteiger partial charge on any atom is 0.416 e. The molecular formula is C25H31ClF3N7O2. The van der Waals surface area contributed by atoms with Gasteiger partial charge in [-0.3, -0.25) is 9.36 Å². The highest BCUT2D eigenvalue weighted by Gasteiger charge is 2.32. The van der Waals surface area contributed by atoms with E-state index in [1.807, 2.05) is 11.5 Å². The number of aromatic nitrogens is 2. The molecule has 2 aliphatic rings. The van der Waals surface area contributed by atoms with Crippen LogP contribution >= 0.6 is 11.6 Å². The number of carbonyl (C=O) groups excluding carboxylic acids is 1. The Hall–Kier alpha value is -3.12. The van der Waals surface area contributed by atoms with Gasteiger partial charge in [0, 0.05) is 25.2 Å². The number of carbonyl (C=O) groups is 1. The monoisotopic (exact) mass is 553 g/mol. The molecule has 2 fully saturated rings. The van der Waals surface area contributed by atoms with E-state index in [4.69, 9.17) is 27.1 Å². The smallest absolute Gasteiger partial charge is 0.381 e. The minimum absolute atomic E-state index is 0.0444. The number of primary amides is 1. The van der Waals surface area contributed by atoms with Gasteiger partial charge >= 0.3 is 6.18 Å². The first kappa shape index (κ1) is 27.9. The molecule has 2 aromatic rings. The van der Waals surface area contributed by atoms with Gasteiger partial charge in [-0.1, -0.05) is 11.6 Å². The largest absolute Gasteiger partial charge is 0.416 e. The van der Waals surface area contributed by atoms with Crippen LogP contribution in [-0.4, -0.2) is 47.4 Å². The van der Waals surface area contributed by atoms with Crippen LogP contribution in [0.25, 0.3) is 0 Å². The predicted molar refractivity (Wildman–Crippen MR) is 141 cm³/mol. The second kappa shape index (κ2) is 11.7. The molecule has 0 unspecified atom stereocenters. The average Bonchev–Trinajstić information content (AvgIpc) is 3.19. The van der Waals surface area contributed by atoms with E-state index in [1.165, 1.54) is 6.07 Å². The topological polar surface area (TPSA) is 119 Å². The van der Waals surface area contributed by atoms with Crippen LogP contribution in [0.5, 0.6) is 0 Å². The first-order valence-corrected chi connectivity index (χ1v) is 12.9. The fourth-order valence-corrected chi connectivity index (χ4v) is 5.11. The standard InChI is InChI=1S/C25H31ClF3N7O2/c1-14-22(35-23(31-2)33-17-9-11-38-12-10-17)36(18-6-3-15(4-7-18)21(30)37)24(32-14)34-20-8-5-16(13-19(20)26)25(27,28)29/h5,8,13,15,17-18H,2-4,6-7,9-12H2,1H3,(H2,30,37)(H,32,34)(H,33,35). The van der Waals surface area contributed by atoms with Crippen LogP contribution in [0.15, 0.2) is 28.2 Å². The van der Waals surface area contributed by atoms with Crippen molar-refractivity contribution in [1.29, 1.82) is 0 Å². The Morgan fingerprint density at radius 1 is 1.21 bits per heavy atom. The van der Waals surface area contributed by atoms with Gasteiger partial charge < -0.3 is 21.1 Å². The van der Waals surface area contributed by atoms with E-state index >= 15 is 0 Å². The fraction of sp³-hybridized carbons (Fsp3) is 0.520. The van der Waals surface area contributed by atoms with E-state index in [2.05, 4.69) is 27.3 Å². The number of hydrogen-bond donors (Lipinski definition) is 3. The molecule has 1 aliphatic heterocycles. The minimum atomic E-state index is -4.51. The zero-order valence-electron chi connectivity index (χ0n) is 21.0. The third kappa shape index (κ3) is 6.47. The molecule has 4 N–H and O–H groups in total. The van der Waals surface area contributed by atoms with Gasteiger partial charge in [-0.05, 0) is 70.4 Å². The summed E-state index contributed by atoms with van der Waals surface area (Å²) in [5, 5.41) is 6.27. The second-order valence-electron chi connectivity index (χ2n) is 9.54. The summed E-state index contributed by atoms with van der Waals surface area (Å²) < 4.78 is 46.7. The summed E-state index contributed by atoms with van der Waals surface area (Å²) >= 11 is 6.22. The zero-order chi connectivity index (χ0) is 27.4. The van der Waals surface area contributed by atoms with Crippen molar-refractivity contribution in [2.24, 2.45) is 21.6 Å². The first-order valence-electron chi connectivity index (χ1n) is 12.5. The van der Waals surface area contributed by atoms with E-state index in [0.29, 0.717) is 62.3 Å². The van der Waals surface area contributed by atoms with Gasteiger partial charge in [-0.25, -0.2) is 15.0 Å². The molecule has 1 saturated carbocycles. The molecule has 0 bridgehead atoms. The molecule has 1 aliphatic carbocycles. The number of nitrogens with two attached hydrogens (primary N) is 1. The molecule has 206 valence electrons. The molecule has 2 heterocycles. The van der Waals surface area contributed by atoms with Crippen LogP contribution in [0.2, 0.25) is 5.02 Å². The van der Waals surface area contributed by atoms with E-state index in [-0.39, 0.29) is 34.6 Å². The summed E-state index contributed by atoms with van der Waals surface area (Å²) in [6.45, 7) is 6.72. The maximum atomic E-state index is 13.1. The van der Waals surface area contributed by atoms with Crippen molar-refractivity contribution in [2.45, 2.75) is 63.7 Å². The Bertz CT molecular complexity index is 1200. The quantitative estimate of drug-likeness (QED) is 0.324. The molecule has 0 radical (unpaired) electrons. The van der Waals surface area contributed by atoms with Crippen LogP contribution < -0.4 is 16.4 Å². The van der Waals surface area contributed by atoms with Crippen molar-refractivity contribution < 1.29 is 22.7 Å². The fourth-order valence-electron chi connectivity index (χ4n) is 4.88. The lowest BCUT2D eigenvalue weighted by Crippen LogP contribution is -2.29. The van der Waals surface area contributed by atoms with E-state index in [9.17, 15) is 18.0 Å². The third-order valence-electron chi connectivity index (χ3n) is 6.97. The van der Waals surface area contributed by atoms with Gasteiger partial charge in [0.2, 0.25) is 17.8 Å². The zero-order valence-corrected chi connectivity index (χ0v) is 21.8. The number of halogens is 4. The number of aryl methyl sites for hydroxylation is 1. The van der Waals surface area contributed by atoms with Crippen LogP contribution in [0.1, 0.15) is 55.8 Å². The first-order chi connectivity index (χ1) is 18.1. The SMILES string of the molecule is C=NC(=NC1CCOCC1)Nc1c(C)nc(Nc2ccc(C(F)(F)F)cc2Cl)n1C1CCC(C(N)=O)CC1. The summed E-state index contributed by atoms with van der Waals surface area (Å²) in [5.41, 5.74) is 5.59. The molecule has 0 spiro atoms. The van der Waals surface area contributed by atoms with Crippen molar-refractivity contribution in [2.75, 3.05) is 23.8 Å². The Morgan fingerprint density at radius 2 is 1.89 bits per heavy atom. The number of nitrogens with zero attached hydrogens (tertiary/aromatic N) is 4. The van der Waals surface area contributed by atoms with Gasteiger partial charge in [-0.2, -0.15) is 13.2 Å². The number of rotatable bonds is 6. The van der Waals surface area contributed by atoms with Gasteiger partial charge in [0.05, 0.1) is 28.0 Å². The molecular weight excluding hydrogens is 523 g/mol. The lowest BCUT2D eigenvalue weighted by atomic mass is 9.85. The highest BCUT2D eigenvalue weighted by atomic mass is 35.5. The Morgan fingerprint density at radius 3 is 2.47 bits per heavy atom. The number of hydrogen-bond acceptors (Lipinski definition) is 5. The Kier molecular flexibility index (Phi) is 8.61. The van der Waals surface area contributed by atoms with Gasteiger partial charge in [0.25, 0.3) is 0 Å². The highest BCUT2D eigenvalue weighted by Crippen LogP contribution is 2.40. The molecule has 1 saturated heterocycles. The van der Waals surface area contributed by atoms with Gasteiger partial charge in [0.1, 0.15) is 5.82 Å². The number of imidazole rings is 1. The molecule has 13 heteroatoms. The Labute approximate surface area is 223 Å². The van der Waals surface area contributed by atoms with E-state index < -0.39 is 11.7 Å². The third-order valence-corrected chi connectivity index (χ3v) is 7.28. The van der Waals surface area contributed by atoms with Crippen molar-refractivity contribution >= 4 is 47.6 Å². The number of aliphatic imine (C=N–C) groups is 2. The number of ether oxygens (including phenoxy) is 1. The summed E-state index contributed by atoms with van der Waals surface area (Å²) in [6, 6.07) is 3.09. The Balaban J connectivity index is 1.68. The van der Waals surface area contributed by atoms with E-state index in [1.54, 1.807) is 0 Å². The van der Waals surface area contributed by atoms with Crippen LogP contribution in [-0.2, 0) is 15.7 Å². The van der Waals surface area contributed by atoms with Crippen LogP contribution in [0.3, 0.4) is 0 Å². The van der Waals surface area contributed by atoms with Crippen molar-refractivity contribution in [3.05, 3.63) is 34.5 Å². The lowest BCUT2D eigenvalue weighted by molar-refractivity contribution is -0.137. The van der Waals surface area contributed by atoms with Crippen molar-refractivity contribution in [3.63, 3.8) is 0 Å². The molecule has 38 heavy (non-hydrogen) atoms. The molecule has 4 rings (SSSR count). The highest BCUT2D eigenvalue weighted by molar-refractivity contribution is 6.33. The summed E-state index contributed by atoms with van der Waals surface area (Å²) in [4.78, 5) is 25.2. The van der Waals surface area contributed by atoms with Crippen molar-refractivity contribution in [1.82, 2.24) is 9.55 Å². The molecule has 1 aromatic carbocycles. The molecule has 1 amide bonds. The minimum Gasteiger partial charge on any atom is -0.381 e. The van der Waals surface area contributed by atoms with Crippen molar-refractivity contribution in [3.8, 4) is 0 Å². The number of nitrogens with one attached hydrogen (secondary N) is 2. The number of benzene rings is 1. The van der Waals surface area contributed by atoms with Crippen LogP contribution in [0.4, 0.5) is 30.6 Å². The number of amides is 1. The van der Waals surface area contributed by atoms with Gasteiger partial charge in [-0.15, -0.1) is 0 Å². The molecule has 9 nitrogen and oxygen atoms in total. The number of guanidine groups is 1. The number of anilines is 3. The summed E-state index contributed by atoms with van der Waals surface area (Å²) in [5.74, 6) is 0.833. The molecule has 1 aromatic heterocycles. The molecule has 0 atom stereocenters. The van der Waals surface area contributed by atoms with Gasteiger partial charge in [0.15, 0.2) is 0 Å². The van der Waals surface area contributed by atoms with Crippen LogP contribution in [0, 0.1) is 12.8 Å². The normalized spacial score (nSPS) is 21.2. The lowest BCUT2D eigenvalue weighted by Gasteiger charge is -2.30. The summed E-state index contributed by atoms with van der Waals surface area (Å²) in [7, 11) is 0. The maximum absolute atomic E-state index is 13.1. The second-order valence-corrected chi connectivity index (χ2v) is 9.95. The summed E-state index contributed by atoms with van der Waals surface area (Å²) in [6.07, 6.45) is -0.432. The average molecular weight is 554 g/mol. The predicted octanol–water partition coefficient (Wildman–Crippen LogP) is 5.47.